The number of rotatable bonds is 16. The third-order valence-electron chi connectivity index (χ3n) is 14.0. The number of nitro groups is 2. The Kier molecular flexibility index (Phi) is 23.4. The summed E-state index contributed by atoms with van der Waals surface area (Å²) in [5.41, 5.74) is -4.17. The second kappa shape index (κ2) is 29.7. The molecule has 0 atom stereocenters. The van der Waals surface area contributed by atoms with Crippen molar-refractivity contribution in [3.63, 3.8) is 0 Å². The van der Waals surface area contributed by atoms with E-state index in [9.17, 15) is 87.6 Å². The van der Waals surface area contributed by atoms with Crippen molar-refractivity contribution in [2.45, 2.75) is 139 Å². The lowest BCUT2D eigenvalue weighted by Crippen LogP contribution is -2.44. The topological polar surface area (TPSA) is 217 Å². The van der Waals surface area contributed by atoms with E-state index in [1.807, 2.05) is 0 Å². The van der Waals surface area contributed by atoms with Crippen LogP contribution in [-0.2, 0) is 26.7 Å². The number of nitro benzene ring substituents is 2. The Bertz CT molecular complexity index is 2820. The van der Waals surface area contributed by atoms with E-state index in [1.165, 1.54) is 60.7 Å². The first kappa shape index (κ1) is 66.9. The number of nitrogens with zero attached hydrogens (tertiary/aromatic N) is 4. The Morgan fingerprint density at radius 2 is 0.871 bits per heavy atom. The first-order valence-electron chi connectivity index (χ1n) is 26.6. The molecule has 0 aromatic heterocycles. The van der Waals surface area contributed by atoms with Gasteiger partial charge in [0.25, 0.3) is 11.4 Å². The Hall–Kier alpha value is -7.21. The Morgan fingerprint density at radius 3 is 1.21 bits per heavy atom. The van der Waals surface area contributed by atoms with Crippen LogP contribution in [0.2, 0.25) is 0 Å². The Balaban J connectivity index is 0.000000226. The highest BCUT2D eigenvalue weighted by Gasteiger charge is 2.40. The van der Waals surface area contributed by atoms with Crippen molar-refractivity contribution >= 4 is 46.2 Å². The summed E-state index contributed by atoms with van der Waals surface area (Å²) in [4.78, 5) is 46.9. The van der Waals surface area contributed by atoms with Crippen LogP contribution in [0.5, 0.6) is 23.0 Å². The fourth-order valence-electron chi connectivity index (χ4n) is 9.73. The van der Waals surface area contributed by atoms with E-state index in [4.69, 9.17) is 25.8 Å². The molecule has 2 saturated heterocycles. The fourth-order valence-corrected chi connectivity index (χ4v) is 9.89. The molecule has 0 bridgehead atoms. The second-order valence-corrected chi connectivity index (χ2v) is 20.4. The number of carbonyl (C=O) groups excluding carboxylic acids is 2. The zero-order valence-corrected chi connectivity index (χ0v) is 45.7. The van der Waals surface area contributed by atoms with Crippen LogP contribution in [0.25, 0.3) is 0 Å². The van der Waals surface area contributed by atoms with Gasteiger partial charge in [0, 0.05) is 87.5 Å². The minimum atomic E-state index is -4.86. The molecule has 85 heavy (non-hydrogen) atoms. The smallest absolute Gasteiger partial charge is 0.490 e. The van der Waals surface area contributed by atoms with Crippen LogP contribution in [0.4, 0.5) is 75.4 Å². The van der Waals surface area contributed by atoms with Crippen LogP contribution in [0.1, 0.15) is 88.2 Å². The third-order valence-corrected chi connectivity index (χ3v) is 14.2. The Morgan fingerprint density at radius 1 is 0.518 bits per heavy atom. The van der Waals surface area contributed by atoms with Crippen molar-refractivity contribution < 1.29 is 101 Å². The first-order chi connectivity index (χ1) is 39.9. The van der Waals surface area contributed by atoms with Crippen molar-refractivity contribution in [3.8, 4) is 23.0 Å². The van der Waals surface area contributed by atoms with Gasteiger partial charge in [-0.1, -0.05) is 0 Å². The summed E-state index contributed by atoms with van der Waals surface area (Å²) < 4.78 is 176. The van der Waals surface area contributed by atoms with Gasteiger partial charge in [0.15, 0.2) is 0 Å². The molecule has 3 N–H and O–H groups in total. The van der Waals surface area contributed by atoms with Crippen LogP contribution in [0.15, 0.2) is 84.9 Å². The number of hydrogen-bond donors (Lipinski definition) is 3. The van der Waals surface area contributed by atoms with Gasteiger partial charge in [-0.25, -0.2) is 0 Å². The number of alkyl halides is 13. The molecule has 2 heterocycles. The largest absolute Gasteiger partial charge is 0.573 e. The molecule has 0 radical (unpaired) electrons. The highest BCUT2D eigenvalue weighted by molar-refractivity contribution is 6.27. The number of amides is 2. The molecule has 468 valence electrons. The van der Waals surface area contributed by atoms with Crippen LogP contribution >= 0.6 is 11.6 Å². The zero-order valence-electron chi connectivity index (χ0n) is 44.9. The van der Waals surface area contributed by atoms with Crippen LogP contribution < -0.4 is 29.6 Å². The van der Waals surface area contributed by atoms with Gasteiger partial charge in [0.1, 0.15) is 58.8 Å². The summed E-state index contributed by atoms with van der Waals surface area (Å²) in [6, 6.07) is 16.0. The van der Waals surface area contributed by atoms with E-state index in [1.54, 1.807) is 9.80 Å². The lowest BCUT2D eigenvalue weighted by Gasteiger charge is -2.33. The minimum absolute atomic E-state index is 0.0315. The van der Waals surface area contributed by atoms with E-state index in [0.717, 1.165) is 24.3 Å². The van der Waals surface area contributed by atoms with Crippen molar-refractivity contribution in [3.05, 3.63) is 116 Å². The summed E-state index contributed by atoms with van der Waals surface area (Å²) in [7, 11) is 0. The number of anilines is 2. The number of piperidine rings is 2. The molecular formula is C54H59ClF12N6O12. The molecule has 4 aromatic rings. The number of carbonyl (C=O) groups is 2. The summed E-state index contributed by atoms with van der Waals surface area (Å²) >= 11 is 5.50. The van der Waals surface area contributed by atoms with Crippen LogP contribution in [0, 0.1) is 20.2 Å². The standard InChI is InChI=1S/C27H29F6N3O6.C14H15ClF3NO3.C13H15F3N2O3/c28-26(29,30)23-15-18(3-10-24(23)36(38)39)34-17-1-4-19(5-2-17)40-16-25(37)35-13-11-21(12-14-35)41-20-6-8-22(9-7-20)42-27(31,32)33;15-9-13(20)19-7-5-11(6-8-19)21-10-1-3-12(4-2-10)22-14(16,17)18;14-13(15,16)11-7-9(3-6-12(11)18(20)21)17-8-1-4-10(19)5-2-8/h3,6-10,15,17,19,21,34H,1-2,4-5,11-14,16H2;1-4,11H,5-9H2;3,6-8,10,17,19H,1-2,4-5H2. The van der Waals surface area contributed by atoms with Crippen molar-refractivity contribution in [1.82, 2.24) is 9.80 Å². The van der Waals surface area contributed by atoms with E-state index in [2.05, 4.69) is 20.1 Å². The molecule has 0 spiro atoms. The molecule has 18 nitrogen and oxygen atoms in total. The fraction of sp³-hybridized carbons (Fsp3) is 0.519. The summed E-state index contributed by atoms with van der Waals surface area (Å²) in [6.07, 6.45) is -12.7. The molecule has 4 fully saturated rings. The number of halogens is 13. The molecule has 4 aliphatic rings. The lowest BCUT2D eigenvalue weighted by molar-refractivity contribution is -0.388. The maximum atomic E-state index is 13.2. The molecule has 31 heteroatoms. The van der Waals surface area contributed by atoms with Gasteiger partial charge in [-0.3, -0.25) is 29.8 Å². The maximum absolute atomic E-state index is 13.2. The van der Waals surface area contributed by atoms with Gasteiger partial charge in [-0.2, -0.15) is 26.3 Å². The molecule has 2 aliphatic heterocycles. The van der Waals surface area contributed by atoms with Gasteiger partial charge in [-0.05, 0) is 124 Å². The van der Waals surface area contributed by atoms with E-state index in [-0.39, 0.29) is 83.7 Å². The SMILES string of the molecule is O=C(CCl)N1CCC(Oc2ccc(OC(F)(F)F)cc2)CC1.O=C(COC1CCC(Nc2ccc([N+](=O)[O-])c(C(F)(F)F)c2)CC1)N1CCC(Oc2ccc(OC(F)(F)F)cc2)CC1.O=[N+]([O-])c1ccc(NC2CCC(O)CC2)cc1C(F)(F)F. The summed E-state index contributed by atoms with van der Waals surface area (Å²) in [5, 5.41) is 37.0. The maximum Gasteiger partial charge on any atom is 0.573 e. The molecule has 4 aromatic carbocycles. The van der Waals surface area contributed by atoms with Gasteiger partial charge >= 0.3 is 25.1 Å². The van der Waals surface area contributed by atoms with Crippen molar-refractivity contribution in [2.75, 3.05) is 49.3 Å². The van der Waals surface area contributed by atoms with Crippen LogP contribution in [0.3, 0.4) is 0 Å². The Labute approximate surface area is 482 Å². The summed E-state index contributed by atoms with van der Waals surface area (Å²) in [6.45, 7) is 1.89. The monoisotopic (exact) mass is 1250 g/mol. The van der Waals surface area contributed by atoms with Crippen LogP contribution in [-0.4, -0.2) is 124 Å². The molecule has 2 saturated carbocycles. The quantitative estimate of drug-likeness (QED) is 0.0412. The average molecular weight is 1250 g/mol. The van der Waals surface area contributed by atoms with Gasteiger partial charge in [0.05, 0.1) is 22.1 Å². The third kappa shape index (κ3) is 22.0. The van der Waals surface area contributed by atoms with E-state index >= 15 is 0 Å². The predicted molar refractivity (Wildman–Crippen MR) is 281 cm³/mol. The molecular weight excluding hydrogens is 1190 g/mol. The van der Waals surface area contributed by atoms with Crippen molar-refractivity contribution in [2.24, 2.45) is 0 Å². The number of benzene rings is 4. The van der Waals surface area contributed by atoms with Gasteiger partial charge in [0.2, 0.25) is 11.8 Å². The average Bonchev–Trinajstić information content (AvgIpc) is 3.59. The highest BCUT2D eigenvalue weighted by Crippen LogP contribution is 2.40. The van der Waals surface area contributed by atoms with Gasteiger partial charge < -0.3 is 49.2 Å². The number of nitrogens with one attached hydrogen (secondary N) is 2. The number of ether oxygens (including phenoxy) is 5. The second-order valence-electron chi connectivity index (χ2n) is 20.1. The number of hydrogen-bond acceptors (Lipinski definition) is 14. The van der Waals surface area contributed by atoms with Crippen molar-refractivity contribution in [1.29, 1.82) is 0 Å². The normalized spacial score (nSPS) is 19.9. The molecule has 0 unspecified atom stereocenters. The number of aliphatic hydroxyl groups excluding tert-OH is 1. The van der Waals surface area contributed by atoms with E-state index in [0.29, 0.717) is 115 Å². The lowest BCUT2D eigenvalue weighted by atomic mass is 9.92. The molecule has 2 aliphatic carbocycles. The first-order valence-corrected chi connectivity index (χ1v) is 27.1. The highest BCUT2D eigenvalue weighted by atomic mass is 35.5. The molecule has 8 rings (SSSR count). The van der Waals surface area contributed by atoms with E-state index < -0.39 is 57.4 Å². The van der Waals surface area contributed by atoms with Gasteiger partial charge in [-0.15, -0.1) is 37.9 Å². The predicted octanol–water partition coefficient (Wildman–Crippen LogP) is 12.8. The zero-order chi connectivity index (χ0) is 62.3. The number of aliphatic hydroxyl groups is 1. The molecule has 2 amide bonds. The minimum Gasteiger partial charge on any atom is -0.490 e. The summed E-state index contributed by atoms with van der Waals surface area (Å²) in [5.74, 6) is -0.0755. The number of likely N-dealkylation sites (tertiary alicyclic amines) is 2.